The number of aryl methyl sites for hydroxylation is 1. The van der Waals surface area contributed by atoms with E-state index in [1.165, 1.54) is 4.57 Å². The number of carbonyl (C=O) groups is 1. The van der Waals surface area contributed by atoms with E-state index in [4.69, 9.17) is 21.1 Å². The van der Waals surface area contributed by atoms with Gasteiger partial charge in [-0.05, 0) is 51.0 Å². The van der Waals surface area contributed by atoms with Crippen LogP contribution in [0.1, 0.15) is 42.4 Å². The molecule has 35 heavy (non-hydrogen) atoms. The summed E-state index contributed by atoms with van der Waals surface area (Å²) < 4.78 is 11.8. The molecule has 0 spiro atoms. The number of carbonyl (C=O) groups excluding carboxylic acids is 1. The molecular formula is C26H26ClN3O4S. The van der Waals surface area contributed by atoms with E-state index in [1.54, 1.807) is 44.9 Å². The van der Waals surface area contributed by atoms with Crippen molar-refractivity contribution in [2.45, 2.75) is 37.3 Å². The summed E-state index contributed by atoms with van der Waals surface area (Å²) in [4.78, 5) is 33.5. The van der Waals surface area contributed by atoms with Crippen molar-refractivity contribution in [3.05, 3.63) is 80.9 Å². The van der Waals surface area contributed by atoms with Gasteiger partial charge in [0.05, 0.1) is 34.8 Å². The van der Waals surface area contributed by atoms with Crippen LogP contribution in [0.4, 0.5) is 0 Å². The summed E-state index contributed by atoms with van der Waals surface area (Å²) in [6, 6.07) is 15.2. The molecule has 0 unspecified atom stereocenters. The smallest absolute Gasteiger partial charge is 0.357 e. The van der Waals surface area contributed by atoms with Gasteiger partial charge in [-0.15, -0.1) is 11.8 Å². The number of esters is 1. The predicted molar refractivity (Wildman–Crippen MR) is 139 cm³/mol. The molecule has 9 heteroatoms. The largest absolute Gasteiger partial charge is 0.496 e. The number of H-pyrrole nitrogens is 1. The van der Waals surface area contributed by atoms with Gasteiger partial charge >= 0.3 is 11.7 Å². The van der Waals surface area contributed by atoms with Gasteiger partial charge in [0.25, 0.3) is 0 Å². The van der Waals surface area contributed by atoms with Crippen LogP contribution in [0.25, 0.3) is 16.9 Å². The standard InChI is InChI=1S/C26H26ClN3O4S/c1-6-34-24(31)18-12-15(2)22-23(28-18)30(25(32)29-22)19-14-21(20(33-5)13-17(19)27)35-26(3,4)16-10-8-7-9-11-16/h7-14H,6H2,1-5H3,(H,29,32). The van der Waals surface area contributed by atoms with E-state index < -0.39 is 11.7 Å². The van der Waals surface area contributed by atoms with E-state index in [1.807, 2.05) is 24.3 Å². The number of imidazole rings is 1. The number of pyridine rings is 1. The van der Waals surface area contributed by atoms with E-state index in [0.717, 1.165) is 10.5 Å². The summed E-state index contributed by atoms with van der Waals surface area (Å²) >= 11 is 8.24. The van der Waals surface area contributed by atoms with Gasteiger partial charge in [-0.2, -0.15) is 0 Å². The quantitative estimate of drug-likeness (QED) is 0.246. The second-order valence-electron chi connectivity index (χ2n) is 8.44. The number of halogens is 1. The average molecular weight is 512 g/mol. The van der Waals surface area contributed by atoms with Crippen molar-refractivity contribution in [3.8, 4) is 11.4 Å². The Kier molecular flexibility index (Phi) is 6.96. The van der Waals surface area contributed by atoms with Crippen molar-refractivity contribution in [2.24, 2.45) is 0 Å². The molecule has 0 saturated heterocycles. The monoisotopic (exact) mass is 511 g/mol. The molecule has 0 aliphatic heterocycles. The number of methoxy groups -OCH3 is 1. The van der Waals surface area contributed by atoms with Gasteiger partial charge in [-0.1, -0.05) is 41.9 Å². The SMILES string of the molecule is CCOC(=O)c1cc(C)c2[nH]c(=O)n(-c3cc(SC(C)(C)c4ccccc4)c(OC)cc3Cl)c2n1. The summed E-state index contributed by atoms with van der Waals surface area (Å²) in [5, 5.41) is 0.313. The van der Waals surface area contributed by atoms with Gasteiger partial charge in [-0.3, -0.25) is 0 Å². The maximum absolute atomic E-state index is 13.1. The zero-order chi connectivity index (χ0) is 25.3. The first-order valence-corrected chi connectivity index (χ1v) is 12.3. The lowest BCUT2D eigenvalue weighted by atomic mass is 10.0. The summed E-state index contributed by atoms with van der Waals surface area (Å²) in [6.45, 7) is 7.99. The second kappa shape index (κ2) is 9.79. The van der Waals surface area contributed by atoms with Crippen molar-refractivity contribution >= 4 is 40.5 Å². The number of nitrogens with zero attached hydrogens (tertiary/aromatic N) is 2. The molecule has 1 N–H and O–H groups in total. The molecule has 2 aromatic heterocycles. The van der Waals surface area contributed by atoms with Crippen molar-refractivity contribution in [2.75, 3.05) is 13.7 Å². The molecule has 0 aliphatic rings. The second-order valence-corrected chi connectivity index (χ2v) is 10.5. The summed E-state index contributed by atoms with van der Waals surface area (Å²) in [7, 11) is 1.58. The number of benzene rings is 2. The lowest BCUT2D eigenvalue weighted by molar-refractivity contribution is 0.0519. The number of aromatic nitrogens is 3. The Balaban J connectivity index is 1.89. The molecule has 0 bridgehead atoms. The van der Waals surface area contributed by atoms with Crippen LogP contribution in [0.3, 0.4) is 0 Å². The van der Waals surface area contributed by atoms with Crippen LogP contribution in [0, 0.1) is 6.92 Å². The minimum absolute atomic E-state index is 0.119. The maximum atomic E-state index is 13.1. The van der Waals surface area contributed by atoms with Gasteiger partial charge in [0.1, 0.15) is 5.75 Å². The predicted octanol–water partition coefficient (Wildman–Crippen LogP) is 5.89. The number of aromatic amines is 1. The zero-order valence-corrected chi connectivity index (χ0v) is 21.7. The first kappa shape index (κ1) is 24.9. The average Bonchev–Trinajstić information content (AvgIpc) is 3.16. The molecule has 0 saturated carbocycles. The molecule has 0 fully saturated rings. The number of hydrogen-bond donors (Lipinski definition) is 1. The number of nitrogens with one attached hydrogen (secondary N) is 1. The van der Waals surface area contributed by atoms with Crippen LogP contribution < -0.4 is 10.4 Å². The first-order valence-electron chi connectivity index (χ1n) is 11.1. The number of rotatable bonds is 7. The highest BCUT2D eigenvalue weighted by Gasteiger charge is 2.26. The highest BCUT2D eigenvalue weighted by atomic mass is 35.5. The number of hydrogen-bond acceptors (Lipinski definition) is 6. The normalized spacial score (nSPS) is 11.6. The van der Waals surface area contributed by atoms with Gasteiger partial charge in [-0.25, -0.2) is 19.1 Å². The molecule has 0 atom stereocenters. The van der Waals surface area contributed by atoms with Gasteiger partial charge < -0.3 is 14.5 Å². The van der Waals surface area contributed by atoms with Crippen LogP contribution in [-0.4, -0.2) is 34.2 Å². The van der Waals surface area contributed by atoms with E-state index in [9.17, 15) is 9.59 Å². The molecule has 0 aliphatic carbocycles. The fourth-order valence-corrected chi connectivity index (χ4v) is 5.33. The summed E-state index contributed by atoms with van der Waals surface area (Å²) in [6.07, 6.45) is 0. The lowest BCUT2D eigenvalue weighted by Crippen LogP contribution is -2.17. The molecule has 7 nitrogen and oxygen atoms in total. The fraction of sp³-hybridized carbons (Fsp3) is 0.269. The topological polar surface area (TPSA) is 86.2 Å². The molecule has 2 heterocycles. The van der Waals surface area contributed by atoms with Crippen LogP contribution >= 0.6 is 23.4 Å². The van der Waals surface area contributed by atoms with Crippen LogP contribution in [0.15, 0.2) is 58.2 Å². The minimum Gasteiger partial charge on any atom is -0.496 e. The number of fused-ring (bicyclic) bond motifs is 1. The van der Waals surface area contributed by atoms with E-state index in [0.29, 0.717) is 33.2 Å². The maximum Gasteiger partial charge on any atom is 0.357 e. The first-order chi connectivity index (χ1) is 16.7. The molecule has 4 rings (SSSR count). The van der Waals surface area contributed by atoms with Crippen LogP contribution in [0.5, 0.6) is 5.75 Å². The lowest BCUT2D eigenvalue weighted by Gasteiger charge is -2.26. The van der Waals surface area contributed by atoms with Crippen molar-refractivity contribution in [1.82, 2.24) is 14.5 Å². The highest BCUT2D eigenvalue weighted by Crippen LogP contribution is 2.46. The minimum atomic E-state index is -0.556. The Hall–Kier alpha value is -3.23. The molecule has 182 valence electrons. The number of ether oxygens (including phenoxy) is 2. The van der Waals surface area contributed by atoms with Crippen LogP contribution in [-0.2, 0) is 9.48 Å². The zero-order valence-electron chi connectivity index (χ0n) is 20.1. The third-order valence-corrected chi connectivity index (χ3v) is 7.22. The Morgan fingerprint density at radius 2 is 1.91 bits per heavy atom. The third kappa shape index (κ3) is 4.81. The summed E-state index contributed by atoms with van der Waals surface area (Å²) in [5.41, 5.74) is 2.79. The third-order valence-electron chi connectivity index (χ3n) is 5.64. The molecule has 2 aromatic carbocycles. The Morgan fingerprint density at radius 3 is 2.57 bits per heavy atom. The molecule has 4 aromatic rings. The molecule has 0 amide bonds. The Morgan fingerprint density at radius 1 is 1.20 bits per heavy atom. The fourth-order valence-electron chi connectivity index (χ4n) is 3.87. The Bertz CT molecular complexity index is 1460. The van der Waals surface area contributed by atoms with Gasteiger partial charge in [0.15, 0.2) is 11.3 Å². The van der Waals surface area contributed by atoms with Crippen molar-refractivity contribution < 1.29 is 14.3 Å². The van der Waals surface area contributed by atoms with Crippen molar-refractivity contribution in [1.29, 1.82) is 0 Å². The molecular weight excluding hydrogens is 486 g/mol. The molecule has 0 radical (unpaired) electrons. The summed E-state index contributed by atoms with van der Waals surface area (Å²) in [5.74, 6) is 0.0383. The van der Waals surface area contributed by atoms with E-state index in [-0.39, 0.29) is 17.0 Å². The van der Waals surface area contributed by atoms with Gasteiger partial charge in [0, 0.05) is 10.8 Å². The van der Waals surface area contributed by atoms with Crippen molar-refractivity contribution in [3.63, 3.8) is 0 Å². The Labute approximate surface area is 212 Å². The highest BCUT2D eigenvalue weighted by molar-refractivity contribution is 8.00. The number of thioether (sulfide) groups is 1. The van der Waals surface area contributed by atoms with Gasteiger partial charge in [0.2, 0.25) is 0 Å². The van der Waals surface area contributed by atoms with Crippen LogP contribution in [0.2, 0.25) is 5.02 Å². The van der Waals surface area contributed by atoms with E-state index >= 15 is 0 Å². The van der Waals surface area contributed by atoms with E-state index in [2.05, 4.69) is 35.9 Å².